The van der Waals surface area contributed by atoms with E-state index >= 15 is 0 Å². The van der Waals surface area contributed by atoms with Crippen LogP contribution < -0.4 is 9.47 Å². The van der Waals surface area contributed by atoms with Crippen molar-refractivity contribution in [2.75, 3.05) is 26.9 Å². The van der Waals surface area contributed by atoms with E-state index in [4.69, 9.17) is 25.8 Å². The Kier molecular flexibility index (Phi) is 7.67. The fraction of sp³-hybridized carbons (Fsp3) is 0.421. The van der Waals surface area contributed by atoms with Gasteiger partial charge in [0, 0.05) is 19.0 Å². The monoisotopic (exact) mass is 395 g/mol. The van der Waals surface area contributed by atoms with Crippen molar-refractivity contribution in [3.8, 4) is 11.5 Å². The van der Waals surface area contributed by atoms with Gasteiger partial charge in [-0.25, -0.2) is 4.79 Å². The number of hydrogen-bond donors (Lipinski definition) is 0. The molecule has 27 heavy (non-hydrogen) atoms. The lowest BCUT2D eigenvalue weighted by Crippen LogP contribution is -2.35. The highest BCUT2D eigenvalue weighted by molar-refractivity contribution is 6.32. The number of amides is 2. The molecular formula is C19H22ClNO6. The highest BCUT2D eigenvalue weighted by atomic mass is 35.5. The Labute approximate surface area is 162 Å². The van der Waals surface area contributed by atoms with Gasteiger partial charge in [0.1, 0.15) is 0 Å². The number of esters is 1. The fourth-order valence-corrected chi connectivity index (χ4v) is 2.79. The number of ether oxygens (including phenoxy) is 3. The first-order valence-electron chi connectivity index (χ1n) is 8.64. The molecule has 146 valence electrons. The second-order valence-corrected chi connectivity index (χ2v) is 6.27. The Morgan fingerprint density at radius 3 is 2.74 bits per heavy atom. The molecule has 2 amide bonds. The number of benzene rings is 1. The standard InChI is InChI=1S/C19H22ClNO6/c1-3-9-26-19-14(20)10-13(11-15(19)25-2)6-7-18(24)27-12-17(23)21-8-4-5-16(21)22/h6-7,10-11H,3-5,8-9,12H2,1-2H3/b7-6+. The molecule has 1 fully saturated rings. The van der Waals surface area contributed by atoms with Gasteiger partial charge in [0.05, 0.1) is 18.7 Å². The molecule has 0 saturated carbocycles. The van der Waals surface area contributed by atoms with Crippen LogP contribution in [0.4, 0.5) is 0 Å². The molecule has 1 aromatic carbocycles. The minimum atomic E-state index is -0.698. The maximum atomic E-state index is 11.8. The molecule has 0 aromatic heterocycles. The summed E-state index contributed by atoms with van der Waals surface area (Å²) in [6, 6.07) is 3.31. The van der Waals surface area contributed by atoms with Crippen LogP contribution in [0.1, 0.15) is 31.7 Å². The average Bonchev–Trinajstić information content (AvgIpc) is 3.09. The number of halogens is 1. The molecule has 0 radical (unpaired) electrons. The molecule has 1 saturated heterocycles. The molecule has 8 heteroatoms. The summed E-state index contributed by atoms with van der Waals surface area (Å²) in [4.78, 5) is 36.2. The van der Waals surface area contributed by atoms with Gasteiger partial charge < -0.3 is 14.2 Å². The van der Waals surface area contributed by atoms with Crippen LogP contribution in [0.15, 0.2) is 18.2 Å². The van der Waals surface area contributed by atoms with Crippen LogP contribution in [0, 0.1) is 0 Å². The average molecular weight is 396 g/mol. The van der Waals surface area contributed by atoms with E-state index in [0.717, 1.165) is 11.3 Å². The van der Waals surface area contributed by atoms with E-state index in [1.54, 1.807) is 12.1 Å². The summed E-state index contributed by atoms with van der Waals surface area (Å²) in [6.45, 7) is 2.39. The third-order valence-electron chi connectivity index (χ3n) is 3.83. The van der Waals surface area contributed by atoms with Gasteiger partial charge in [-0.05, 0) is 36.6 Å². The first-order valence-corrected chi connectivity index (χ1v) is 9.02. The molecule has 0 bridgehead atoms. The minimum Gasteiger partial charge on any atom is -0.493 e. The van der Waals surface area contributed by atoms with Gasteiger partial charge in [-0.2, -0.15) is 0 Å². The molecule has 2 rings (SSSR count). The number of imide groups is 1. The Morgan fingerprint density at radius 2 is 2.11 bits per heavy atom. The Morgan fingerprint density at radius 1 is 1.33 bits per heavy atom. The largest absolute Gasteiger partial charge is 0.493 e. The molecule has 1 aliphatic heterocycles. The smallest absolute Gasteiger partial charge is 0.331 e. The molecule has 0 N–H and O–H groups in total. The predicted octanol–water partition coefficient (Wildman–Crippen LogP) is 2.84. The van der Waals surface area contributed by atoms with Crippen LogP contribution in [-0.4, -0.2) is 49.6 Å². The van der Waals surface area contributed by atoms with Gasteiger partial charge in [0.25, 0.3) is 5.91 Å². The van der Waals surface area contributed by atoms with E-state index in [-0.39, 0.29) is 5.91 Å². The van der Waals surface area contributed by atoms with Crippen molar-refractivity contribution in [3.63, 3.8) is 0 Å². The molecule has 1 heterocycles. The number of hydrogen-bond acceptors (Lipinski definition) is 6. The van der Waals surface area contributed by atoms with Gasteiger partial charge in [-0.1, -0.05) is 18.5 Å². The normalized spacial score (nSPS) is 13.9. The van der Waals surface area contributed by atoms with Crippen LogP contribution in [0.25, 0.3) is 6.08 Å². The zero-order valence-corrected chi connectivity index (χ0v) is 16.1. The van der Waals surface area contributed by atoms with Gasteiger partial charge in [0.2, 0.25) is 5.91 Å². The summed E-state index contributed by atoms with van der Waals surface area (Å²) in [5, 5.41) is 0.360. The molecule has 0 unspecified atom stereocenters. The van der Waals surface area contributed by atoms with E-state index < -0.39 is 18.5 Å². The first kappa shape index (κ1) is 20.8. The molecule has 0 atom stereocenters. The van der Waals surface area contributed by atoms with Crippen LogP contribution in [0.5, 0.6) is 11.5 Å². The maximum absolute atomic E-state index is 11.8. The van der Waals surface area contributed by atoms with Crippen LogP contribution in [0.2, 0.25) is 5.02 Å². The van der Waals surface area contributed by atoms with Crippen LogP contribution >= 0.6 is 11.6 Å². The molecule has 1 aromatic rings. The zero-order chi connectivity index (χ0) is 19.8. The Hall–Kier alpha value is -2.54. The lowest BCUT2D eigenvalue weighted by atomic mass is 10.2. The summed E-state index contributed by atoms with van der Waals surface area (Å²) in [5.74, 6) is -0.551. The minimum absolute atomic E-state index is 0.237. The van der Waals surface area contributed by atoms with Crippen molar-refractivity contribution >= 4 is 35.5 Å². The lowest BCUT2D eigenvalue weighted by Gasteiger charge is -2.13. The van der Waals surface area contributed by atoms with Gasteiger partial charge >= 0.3 is 5.97 Å². The predicted molar refractivity (Wildman–Crippen MR) is 99.7 cm³/mol. The first-order chi connectivity index (χ1) is 13.0. The highest BCUT2D eigenvalue weighted by Gasteiger charge is 2.26. The Bertz CT molecular complexity index is 746. The molecule has 1 aliphatic rings. The van der Waals surface area contributed by atoms with E-state index in [1.807, 2.05) is 6.92 Å². The van der Waals surface area contributed by atoms with Crippen molar-refractivity contribution in [3.05, 3.63) is 28.8 Å². The van der Waals surface area contributed by atoms with Gasteiger partial charge in [0.15, 0.2) is 18.1 Å². The van der Waals surface area contributed by atoms with Crippen molar-refractivity contribution < 1.29 is 28.6 Å². The second kappa shape index (κ2) is 9.97. The van der Waals surface area contributed by atoms with Crippen molar-refractivity contribution in [1.29, 1.82) is 0 Å². The van der Waals surface area contributed by atoms with Crippen LogP contribution in [0.3, 0.4) is 0 Å². The SMILES string of the molecule is CCCOc1c(Cl)cc(/C=C/C(=O)OCC(=O)N2CCCC2=O)cc1OC. The summed E-state index contributed by atoms with van der Waals surface area (Å²) in [7, 11) is 1.50. The van der Waals surface area contributed by atoms with Crippen molar-refractivity contribution in [1.82, 2.24) is 4.90 Å². The third-order valence-corrected chi connectivity index (χ3v) is 4.11. The van der Waals surface area contributed by atoms with Gasteiger partial charge in [-0.3, -0.25) is 14.5 Å². The van der Waals surface area contributed by atoms with E-state index in [0.29, 0.717) is 48.1 Å². The second-order valence-electron chi connectivity index (χ2n) is 5.87. The maximum Gasteiger partial charge on any atom is 0.331 e. The van der Waals surface area contributed by atoms with E-state index in [1.165, 1.54) is 19.3 Å². The summed E-state index contributed by atoms with van der Waals surface area (Å²) in [6.07, 6.45) is 4.48. The molecule has 0 spiro atoms. The number of carbonyl (C=O) groups excluding carboxylic acids is 3. The van der Waals surface area contributed by atoms with Gasteiger partial charge in [-0.15, -0.1) is 0 Å². The van der Waals surface area contributed by atoms with Crippen LogP contribution in [-0.2, 0) is 19.1 Å². The van der Waals surface area contributed by atoms with E-state index in [2.05, 4.69) is 0 Å². The number of methoxy groups -OCH3 is 1. The Balaban J connectivity index is 1.96. The summed E-state index contributed by atoms with van der Waals surface area (Å²) >= 11 is 6.22. The fourth-order valence-electron chi connectivity index (χ4n) is 2.52. The zero-order valence-electron chi connectivity index (χ0n) is 15.3. The van der Waals surface area contributed by atoms with Crippen molar-refractivity contribution in [2.45, 2.75) is 26.2 Å². The topological polar surface area (TPSA) is 82.1 Å². The molecule has 7 nitrogen and oxygen atoms in total. The summed E-state index contributed by atoms with van der Waals surface area (Å²) in [5.41, 5.74) is 0.610. The third kappa shape index (κ3) is 5.72. The molecular weight excluding hydrogens is 374 g/mol. The quantitative estimate of drug-likeness (QED) is 0.497. The number of rotatable bonds is 8. The number of nitrogens with zero attached hydrogens (tertiary/aromatic N) is 1. The van der Waals surface area contributed by atoms with Crippen molar-refractivity contribution in [2.24, 2.45) is 0 Å². The summed E-state index contributed by atoms with van der Waals surface area (Å²) < 4.78 is 15.7. The molecule has 0 aliphatic carbocycles. The number of carbonyl (C=O) groups is 3. The highest BCUT2D eigenvalue weighted by Crippen LogP contribution is 2.36. The number of likely N-dealkylation sites (tertiary alicyclic amines) is 1. The van der Waals surface area contributed by atoms with E-state index in [9.17, 15) is 14.4 Å². The lowest BCUT2D eigenvalue weighted by molar-refractivity contribution is -0.151.